The van der Waals surface area contributed by atoms with E-state index in [1.54, 1.807) is 10.9 Å². The molecule has 1 heterocycles. The van der Waals surface area contributed by atoms with E-state index in [-0.39, 0.29) is 0 Å². The highest BCUT2D eigenvalue weighted by molar-refractivity contribution is 5.31. The highest BCUT2D eigenvalue weighted by Crippen LogP contribution is 2.29. The fraction of sp³-hybridized carbons (Fsp3) is 0.400. The molecule has 0 bridgehead atoms. The van der Waals surface area contributed by atoms with Crippen molar-refractivity contribution in [1.82, 2.24) is 15.1 Å². The number of nitrogens with zero attached hydrogens (tertiary/aromatic N) is 2. The summed E-state index contributed by atoms with van der Waals surface area (Å²) in [5, 5.41) is 7.09. The molecule has 114 valence electrons. The van der Waals surface area contributed by atoms with E-state index in [1.165, 1.54) is 6.20 Å². The van der Waals surface area contributed by atoms with Crippen LogP contribution in [0.3, 0.4) is 0 Å². The van der Waals surface area contributed by atoms with Crippen LogP contribution in [0.25, 0.3) is 5.69 Å². The summed E-state index contributed by atoms with van der Waals surface area (Å²) in [4.78, 5) is 0. The molecule has 1 atom stereocenters. The van der Waals surface area contributed by atoms with Crippen LogP contribution >= 0.6 is 0 Å². The number of rotatable bonds is 6. The topological polar surface area (TPSA) is 29.9 Å². The second-order valence-electron chi connectivity index (χ2n) is 4.88. The molecule has 0 amide bonds. The molecule has 0 saturated heterocycles. The van der Waals surface area contributed by atoms with E-state index in [0.717, 1.165) is 12.1 Å². The molecule has 3 nitrogen and oxygen atoms in total. The number of hydrogen-bond acceptors (Lipinski definition) is 2. The van der Waals surface area contributed by atoms with Crippen LogP contribution in [0.4, 0.5) is 13.2 Å². The number of para-hydroxylation sites is 1. The molecule has 21 heavy (non-hydrogen) atoms. The van der Waals surface area contributed by atoms with Gasteiger partial charge in [-0.3, -0.25) is 0 Å². The third kappa shape index (κ3) is 4.60. The van der Waals surface area contributed by atoms with Crippen molar-refractivity contribution < 1.29 is 13.2 Å². The summed E-state index contributed by atoms with van der Waals surface area (Å²) in [5.74, 6) is 0. The largest absolute Gasteiger partial charge is 0.390 e. The zero-order chi connectivity index (χ0) is 15.3. The smallest absolute Gasteiger partial charge is 0.310 e. The number of hydrogen-bond donors (Lipinski definition) is 1. The Morgan fingerprint density at radius 1 is 1.24 bits per heavy atom. The van der Waals surface area contributed by atoms with Crippen LogP contribution in [0.5, 0.6) is 0 Å². The Labute approximate surface area is 121 Å². The van der Waals surface area contributed by atoms with E-state index < -0.39 is 18.6 Å². The van der Waals surface area contributed by atoms with Crippen molar-refractivity contribution in [2.45, 2.75) is 32.0 Å². The van der Waals surface area contributed by atoms with Gasteiger partial charge in [0.1, 0.15) is 0 Å². The van der Waals surface area contributed by atoms with E-state index in [0.29, 0.717) is 12.1 Å². The Balaban J connectivity index is 2.18. The third-order valence-electron chi connectivity index (χ3n) is 3.10. The minimum Gasteiger partial charge on any atom is -0.310 e. The van der Waals surface area contributed by atoms with Crippen molar-refractivity contribution in [3.63, 3.8) is 0 Å². The van der Waals surface area contributed by atoms with Crippen LogP contribution in [-0.4, -0.2) is 22.5 Å². The van der Waals surface area contributed by atoms with Crippen molar-refractivity contribution >= 4 is 0 Å². The first-order valence-electron chi connectivity index (χ1n) is 6.89. The van der Waals surface area contributed by atoms with E-state index in [2.05, 4.69) is 10.4 Å². The Kier molecular flexibility index (Phi) is 5.01. The standard InChI is InChI=1S/C15H18F3N3/c1-2-8-19-14(9-15(16,17)18)12-10-20-21(11-12)13-6-4-3-5-7-13/h3-7,10-11,14,19H,2,8-9H2,1H3. The monoisotopic (exact) mass is 297 g/mol. The molecule has 0 saturated carbocycles. The van der Waals surface area contributed by atoms with Gasteiger partial charge in [-0.2, -0.15) is 18.3 Å². The summed E-state index contributed by atoms with van der Waals surface area (Å²) in [6, 6.07) is 8.55. The normalized spacial score (nSPS) is 13.3. The van der Waals surface area contributed by atoms with Crippen LogP contribution in [0.15, 0.2) is 42.7 Å². The average Bonchev–Trinajstić information content (AvgIpc) is 2.93. The molecule has 0 fully saturated rings. The Morgan fingerprint density at radius 2 is 1.95 bits per heavy atom. The molecule has 6 heteroatoms. The van der Waals surface area contributed by atoms with Crippen molar-refractivity contribution in [2.75, 3.05) is 6.54 Å². The number of alkyl halides is 3. The SMILES string of the molecule is CCCNC(CC(F)(F)F)c1cnn(-c2ccccc2)c1. The minimum absolute atomic E-state index is 0.539. The molecule has 2 rings (SSSR count). The van der Waals surface area contributed by atoms with Crippen LogP contribution in [0.1, 0.15) is 31.4 Å². The van der Waals surface area contributed by atoms with Gasteiger partial charge in [0, 0.05) is 17.8 Å². The van der Waals surface area contributed by atoms with Gasteiger partial charge in [0.2, 0.25) is 0 Å². The van der Waals surface area contributed by atoms with Gasteiger partial charge >= 0.3 is 6.18 Å². The predicted molar refractivity (Wildman–Crippen MR) is 75.3 cm³/mol. The molecular formula is C15H18F3N3. The summed E-state index contributed by atoms with van der Waals surface area (Å²) in [5.41, 5.74) is 1.37. The molecule has 1 aromatic carbocycles. The minimum atomic E-state index is -4.21. The Morgan fingerprint density at radius 3 is 2.57 bits per heavy atom. The molecule has 0 aliphatic heterocycles. The number of benzene rings is 1. The molecular weight excluding hydrogens is 279 g/mol. The third-order valence-corrected chi connectivity index (χ3v) is 3.10. The van der Waals surface area contributed by atoms with Crippen LogP contribution in [0.2, 0.25) is 0 Å². The van der Waals surface area contributed by atoms with Crippen LogP contribution < -0.4 is 5.32 Å². The van der Waals surface area contributed by atoms with Crippen molar-refractivity contribution in [2.24, 2.45) is 0 Å². The maximum Gasteiger partial charge on any atom is 0.390 e. The Bertz CT molecular complexity index is 549. The zero-order valence-electron chi connectivity index (χ0n) is 11.8. The second kappa shape index (κ2) is 6.76. The summed E-state index contributed by atoms with van der Waals surface area (Å²) in [6.07, 6.45) is -1.19. The number of nitrogens with one attached hydrogen (secondary N) is 1. The molecule has 0 spiro atoms. The summed E-state index contributed by atoms with van der Waals surface area (Å²) in [7, 11) is 0. The molecule has 0 aliphatic carbocycles. The van der Waals surface area contributed by atoms with E-state index in [9.17, 15) is 13.2 Å². The lowest BCUT2D eigenvalue weighted by molar-refractivity contribution is -0.140. The van der Waals surface area contributed by atoms with E-state index in [1.807, 2.05) is 37.3 Å². The molecule has 0 radical (unpaired) electrons. The second-order valence-corrected chi connectivity index (χ2v) is 4.88. The molecule has 1 unspecified atom stereocenters. The van der Waals surface area contributed by atoms with Crippen LogP contribution in [-0.2, 0) is 0 Å². The quantitative estimate of drug-likeness (QED) is 0.877. The van der Waals surface area contributed by atoms with Crippen molar-refractivity contribution in [3.8, 4) is 5.69 Å². The van der Waals surface area contributed by atoms with Gasteiger partial charge in [0.05, 0.1) is 18.3 Å². The Hall–Kier alpha value is -1.82. The fourth-order valence-electron chi connectivity index (χ4n) is 2.10. The molecule has 0 aliphatic rings. The lowest BCUT2D eigenvalue weighted by Crippen LogP contribution is -2.27. The lowest BCUT2D eigenvalue weighted by Gasteiger charge is -2.18. The van der Waals surface area contributed by atoms with E-state index in [4.69, 9.17) is 0 Å². The van der Waals surface area contributed by atoms with Gasteiger partial charge in [0.25, 0.3) is 0 Å². The van der Waals surface area contributed by atoms with Crippen LogP contribution in [0, 0.1) is 0 Å². The summed E-state index contributed by atoms with van der Waals surface area (Å²) in [6.45, 7) is 2.46. The number of aromatic nitrogens is 2. The summed E-state index contributed by atoms with van der Waals surface area (Å²) >= 11 is 0. The zero-order valence-corrected chi connectivity index (χ0v) is 11.8. The van der Waals surface area contributed by atoms with Gasteiger partial charge in [-0.15, -0.1) is 0 Å². The maximum atomic E-state index is 12.7. The first-order valence-corrected chi connectivity index (χ1v) is 6.89. The highest BCUT2D eigenvalue weighted by Gasteiger charge is 2.32. The van der Waals surface area contributed by atoms with Gasteiger partial charge in [-0.25, -0.2) is 4.68 Å². The average molecular weight is 297 g/mol. The van der Waals surface area contributed by atoms with Crippen molar-refractivity contribution in [1.29, 1.82) is 0 Å². The molecule has 1 N–H and O–H groups in total. The lowest BCUT2D eigenvalue weighted by atomic mass is 10.1. The summed E-state index contributed by atoms with van der Waals surface area (Å²) < 4.78 is 39.6. The molecule has 1 aromatic heterocycles. The van der Waals surface area contributed by atoms with Gasteiger partial charge in [0.15, 0.2) is 0 Å². The first kappa shape index (κ1) is 15.6. The highest BCUT2D eigenvalue weighted by atomic mass is 19.4. The predicted octanol–water partition coefficient (Wildman–Crippen LogP) is 3.87. The maximum absolute atomic E-state index is 12.7. The first-order chi connectivity index (χ1) is 9.99. The van der Waals surface area contributed by atoms with Gasteiger partial charge in [-0.1, -0.05) is 25.1 Å². The van der Waals surface area contributed by atoms with Gasteiger partial charge < -0.3 is 5.32 Å². The molecule has 2 aromatic rings. The van der Waals surface area contributed by atoms with Gasteiger partial charge in [-0.05, 0) is 25.1 Å². The fourth-order valence-corrected chi connectivity index (χ4v) is 2.10. The van der Waals surface area contributed by atoms with E-state index >= 15 is 0 Å². The number of halogens is 3. The van der Waals surface area contributed by atoms with Crippen molar-refractivity contribution in [3.05, 3.63) is 48.3 Å².